The van der Waals surface area contributed by atoms with Crippen LogP contribution in [0.3, 0.4) is 0 Å². The predicted octanol–water partition coefficient (Wildman–Crippen LogP) is 1.60. The van der Waals surface area contributed by atoms with Crippen molar-refractivity contribution in [2.24, 2.45) is 5.92 Å². The van der Waals surface area contributed by atoms with E-state index < -0.39 is 0 Å². The Labute approximate surface area is 170 Å². The number of benzene rings is 1. The van der Waals surface area contributed by atoms with Crippen LogP contribution in [0.15, 0.2) is 48.7 Å². The number of amides is 2. The van der Waals surface area contributed by atoms with Gasteiger partial charge in [-0.05, 0) is 25.1 Å². The Hall–Kier alpha value is -3.09. The molecular weight excluding hydrogens is 368 g/mol. The first-order valence-electron chi connectivity index (χ1n) is 10.2. The first-order valence-corrected chi connectivity index (χ1v) is 10.2. The zero-order valence-corrected chi connectivity index (χ0v) is 16.7. The van der Waals surface area contributed by atoms with Gasteiger partial charge in [-0.1, -0.05) is 18.2 Å². The molecule has 3 heterocycles. The summed E-state index contributed by atoms with van der Waals surface area (Å²) >= 11 is 0. The van der Waals surface area contributed by atoms with Crippen molar-refractivity contribution in [1.82, 2.24) is 4.90 Å². The van der Waals surface area contributed by atoms with Crippen molar-refractivity contribution in [2.75, 3.05) is 49.1 Å². The number of hydrogen-bond donors (Lipinski definition) is 0. The molecule has 0 saturated carbocycles. The third kappa shape index (κ3) is 4.04. The average molecular weight is 395 g/mol. The van der Waals surface area contributed by atoms with Gasteiger partial charge in [0.2, 0.25) is 11.8 Å². The molecule has 4 rings (SSSR count). The number of anilines is 2. The van der Waals surface area contributed by atoms with Crippen LogP contribution in [0.4, 0.5) is 11.5 Å². The third-order valence-electron chi connectivity index (χ3n) is 5.55. The van der Waals surface area contributed by atoms with E-state index in [1.165, 1.54) is 0 Å². The largest absolute Gasteiger partial charge is 0.492 e. The molecule has 2 aromatic rings. The van der Waals surface area contributed by atoms with Gasteiger partial charge in [0.15, 0.2) is 0 Å². The highest BCUT2D eigenvalue weighted by atomic mass is 16.5. The first kappa shape index (κ1) is 19.2. The number of ether oxygens (including phenoxy) is 1. The van der Waals surface area contributed by atoms with Crippen LogP contribution in [-0.4, -0.2) is 56.0 Å². The number of carbonyl (C=O) groups is 2. The van der Waals surface area contributed by atoms with Crippen LogP contribution in [0.2, 0.25) is 0 Å². The quantitative estimate of drug-likeness (QED) is 0.771. The maximum atomic E-state index is 13.1. The van der Waals surface area contributed by atoms with Crippen molar-refractivity contribution < 1.29 is 19.3 Å². The van der Waals surface area contributed by atoms with Crippen molar-refractivity contribution in [1.29, 1.82) is 0 Å². The van der Waals surface area contributed by atoms with E-state index in [0.29, 0.717) is 32.0 Å². The van der Waals surface area contributed by atoms with Crippen molar-refractivity contribution in [2.45, 2.75) is 13.3 Å². The molecule has 1 aromatic heterocycles. The minimum absolute atomic E-state index is 0.0203. The van der Waals surface area contributed by atoms with E-state index in [9.17, 15) is 9.59 Å². The molecule has 152 valence electrons. The van der Waals surface area contributed by atoms with Gasteiger partial charge < -0.3 is 14.5 Å². The Balaban J connectivity index is 1.39. The number of hydrogen-bond acceptors (Lipinski definition) is 4. The SMILES string of the molecule is CCOc1ccccc1N1C[C@@H](C(=O)N2CCN(c3cccc[nH+]3)CC2)CC1=O. The van der Waals surface area contributed by atoms with Crippen LogP contribution in [0.1, 0.15) is 13.3 Å². The molecule has 1 N–H and O–H groups in total. The predicted molar refractivity (Wildman–Crippen MR) is 110 cm³/mol. The number of nitrogens with one attached hydrogen (secondary N) is 1. The van der Waals surface area contributed by atoms with Gasteiger partial charge in [-0.2, -0.15) is 0 Å². The van der Waals surface area contributed by atoms with Gasteiger partial charge in [-0.15, -0.1) is 0 Å². The second-order valence-corrected chi connectivity index (χ2v) is 7.37. The standard InChI is InChI=1S/C22H26N4O3/c1-2-29-19-8-4-3-7-18(19)26-16-17(15-21(26)27)22(28)25-13-11-24(12-14-25)20-9-5-6-10-23-20/h3-10,17H,2,11-16H2,1H3/p+1/t17-/m0/s1. The Bertz CT molecular complexity index is 865. The van der Waals surface area contributed by atoms with Crippen LogP contribution in [-0.2, 0) is 9.59 Å². The van der Waals surface area contributed by atoms with Crippen molar-refractivity contribution >= 4 is 23.3 Å². The molecule has 7 heteroatoms. The molecule has 0 radical (unpaired) electrons. The summed E-state index contributed by atoms with van der Waals surface area (Å²) in [7, 11) is 0. The molecule has 0 spiro atoms. The number of aromatic nitrogens is 1. The molecule has 0 aliphatic carbocycles. The number of nitrogens with zero attached hydrogens (tertiary/aromatic N) is 3. The summed E-state index contributed by atoms with van der Waals surface area (Å²) in [5.41, 5.74) is 0.749. The fourth-order valence-corrected chi connectivity index (χ4v) is 4.07. The summed E-state index contributed by atoms with van der Waals surface area (Å²) in [6.45, 7) is 5.76. The summed E-state index contributed by atoms with van der Waals surface area (Å²) in [6, 6.07) is 13.5. The molecule has 0 bridgehead atoms. The van der Waals surface area contributed by atoms with E-state index >= 15 is 0 Å². The Morgan fingerprint density at radius 3 is 2.59 bits per heavy atom. The van der Waals surface area contributed by atoms with Crippen LogP contribution < -0.4 is 19.5 Å². The van der Waals surface area contributed by atoms with Crippen molar-refractivity contribution in [3.05, 3.63) is 48.7 Å². The second-order valence-electron chi connectivity index (χ2n) is 7.37. The van der Waals surface area contributed by atoms with Crippen molar-refractivity contribution in [3.63, 3.8) is 0 Å². The monoisotopic (exact) mass is 395 g/mol. The minimum Gasteiger partial charge on any atom is -0.492 e. The van der Waals surface area contributed by atoms with Gasteiger partial charge in [0.1, 0.15) is 18.8 Å². The van der Waals surface area contributed by atoms with Gasteiger partial charge in [0.05, 0.1) is 37.5 Å². The molecule has 2 aliphatic rings. The summed E-state index contributed by atoms with van der Waals surface area (Å²) < 4.78 is 5.67. The maximum Gasteiger partial charge on any atom is 0.274 e. The Morgan fingerprint density at radius 1 is 1.10 bits per heavy atom. The number of pyridine rings is 1. The highest BCUT2D eigenvalue weighted by Crippen LogP contribution is 2.33. The first-order chi connectivity index (χ1) is 14.2. The summed E-state index contributed by atoms with van der Waals surface area (Å²) in [4.78, 5) is 34.8. The molecular formula is C22H27N4O3+. The summed E-state index contributed by atoms with van der Waals surface area (Å²) in [6.07, 6.45) is 2.16. The average Bonchev–Trinajstić information content (AvgIpc) is 3.16. The van der Waals surface area contributed by atoms with Crippen LogP contribution >= 0.6 is 0 Å². The zero-order chi connectivity index (χ0) is 20.2. The molecule has 2 fully saturated rings. The topological polar surface area (TPSA) is 67.2 Å². The summed E-state index contributed by atoms with van der Waals surface area (Å²) in [5, 5.41) is 0. The smallest absolute Gasteiger partial charge is 0.274 e. The number of aromatic amines is 1. The van der Waals surface area contributed by atoms with E-state index in [0.717, 1.165) is 24.6 Å². The Kier molecular flexibility index (Phi) is 5.64. The lowest BCUT2D eigenvalue weighted by atomic mass is 10.1. The molecule has 29 heavy (non-hydrogen) atoms. The molecule has 1 atom stereocenters. The maximum absolute atomic E-state index is 13.1. The lowest BCUT2D eigenvalue weighted by molar-refractivity contribution is -0.364. The number of H-pyrrole nitrogens is 1. The highest BCUT2D eigenvalue weighted by Gasteiger charge is 2.39. The minimum atomic E-state index is -0.299. The highest BCUT2D eigenvalue weighted by molar-refractivity contribution is 6.01. The lowest BCUT2D eigenvalue weighted by Crippen LogP contribution is -2.51. The van der Waals surface area contributed by atoms with Crippen LogP contribution in [0, 0.1) is 5.92 Å². The number of para-hydroxylation sites is 2. The molecule has 2 amide bonds. The summed E-state index contributed by atoms with van der Waals surface area (Å²) in [5.74, 6) is 1.50. The number of carbonyl (C=O) groups excluding carboxylic acids is 2. The van der Waals surface area contributed by atoms with E-state index in [1.54, 1.807) is 4.90 Å². The number of piperazine rings is 1. The number of rotatable bonds is 5. The fourth-order valence-electron chi connectivity index (χ4n) is 4.07. The molecule has 1 aromatic carbocycles. The van der Waals surface area contributed by atoms with Crippen LogP contribution in [0.5, 0.6) is 5.75 Å². The van der Waals surface area contributed by atoms with E-state index in [1.807, 2.05) is 60.5 Å². The molecule has 0 unspecified atom stereocenters. The molecule has 7 nitrogen and oxygen atoms in total. The van der Waals surface area contributed by atoms with Gasteiger partial charge in [-0.25, -0.2) is 4.98 Å². The second kappa shape index (κ2) is 8.51. The third-order valence-corrected chi connectivity index (χ3v) is 5.55. The van der Waals surface area contributed by atoms with Gasteiger partial charge >= 0.3 is 0 Å². The van der Waals surface area contributed by atoms with Gasteiger partial charge in [-0.3, -0.25) is 14.5 Å². The van der Waals surface area contributed by atoms with E-state index in [-0.39, 0.29) is 24.2 Å². The normalized spacial score (nSPS) is 19.6. The molecule has 2 saturated heterocycles. The van der Waals surface area contributed by atoms with Crippen molar-refractivity contribution in [3.8, 4) is 5.75 Å². The van der Waals surface area contributed by atoms with E-state index in [4.69, 9.17) is 4.74 Å². The Morgan fingerprint density at radius 2 is 1.86 bits per heavy atom. The van der Waals surface area contributed by atoms with Crippen LogP contribution in [0.25, 0.3) is 0 Å². The van der Waals surface area contributed by atoms with Gasteiger partial charge in [0.25, 0.3) is 5.82 Å². The fraction of sp³-hybridized carbons (Fsp3) is 0.409. The molecule has 2 aliphatic heterocycles. The van der Waals surface area contributed by atoms with E-state index in [2.05, 4.69) is 9.88 Å². The zero-order valence-electron chi connectivity index (χ0n) is 16.7. The lowest BCUT2D eigenvalue weighted by Gasteiger charge is -2.32. The van der Waals surface area contributed by atoms with Gasteiger partial charge in [0, 0.05) is 19.0 Å².